The fourth-order valence-electron chi connectivity index (χ4n) is 2.49. The van der Waals surface area contributed by atoms with Crippen LogP contribution in [0.1, 0.15) is 24.2 Å². The Balaban J connectivity index is 2.10. The highest BCUT2D eigenvalue weighted by Gasteiger charge is 2.32. The van der Waals surface area contributed by atoms with E-state index in [1.54, 1.807) is 24.3 Å². The molecule has 0 saturated carbocycles. The van der Waals surface area contributed by atoms with Gasteiger partial charge in [-0.15, -0.1) is 0 Å². The molecule has 0 spiro atoms. The standard InChI is InChI=1S/C15H19NO5S/c1-12(17)21-11-15(18)16-8-7-14(22(19,20)10-9-16)13-5-3-2-4-6-13/h2-6,14H,7-11H2,1H3. The number of ether oxygens (including phenoxy) is 1. The molecule has 1 unspecified atom stereocenters. The molecule has 1 amide bonds. The lowest BCUT2D eigenvalue weighted by atomic mass is 10.1. The highest BCUT2D eigenvalue weighted by atomic mass is 32.2. The third kappa shape index (κ3) is 4.07. The first-order chi connectivity index (χ1) is 10.4. The molecule has 7 heteroatoms. The number of benzene rings is 1. The molecule has 1 saturated heterocycles. The molecule has 6 nitrogen and oxygen atoms in total. The number of carbonyl (C=O) groups excluding carboxylic acids is 2. The van der Waals surface area contributed by atoms with E-state index in [1.165, 1.54) is 11.8 Å². The minimum atomic E-state index is -3.31. The molecule has 1 aliphatic heterocycles. The lowest BCUT2D eigenvalue weighted by Gasteiger charge is -2.19. The van der Waals surface area contributed by atoms with Gasteiger partial charge in [0.05, 0.1) is 11.0 Å². The van der Waals surface area contributed by atoms with Crippen molar-refractivity contribution in [3.05, 3.63) is 35.9 Å². The molecule has 1 atom stereocenters. The number of amides is 1. The van der Waals surface area contributed by atoms with Crippen molar-refractivity contribution in [2.75, 3.05) is 25.4 Å². The molecule has 1 aromatic carbocycles. The fraction of sp³-hybridized carbons (Fsp3) is 0.467. The summed E-state index contributed by atoms with van der Waals surface area (Å²) in [6, 6.07) is 9.03. The van der Waals surface area contributed by atoms with Crippen molar-refractivity contribution in [2.45, 2.75) is 18.6 Å². The summed E-state index contributed by atoms with van der Waals surface area (Å²) < 4.78 is 29.5. The van der Waals surface area contributed by atoms with Crippen LogP contribution in [0.3, 0.4) is 0 Å². The van der Waals surface area contributed by atoms with E-state index < -0.39 is 21.1 Å². The molecule has 1 aliphatic rings. The highest BCUT2D eigenvalue weighted by Crippen LogP contribution is 2.29. The smallest absolute Gasteiger partial charge is 0.303 e. The zero-order valence-corrected chi connectivity index (χ0v) is 13.2. The fourth-order valence-corrected chi connectivity index (χ4v) is 4.29. The van der Waals surface area contributed by atoms with Crippen LogP contribution in [-0.4, -0.2) is 50.6 Å². The van der Waals surface area contributed by atoms with Crippen molar-refractivity contribution in [1.82, 2.24) is 4.90 Å². The molecule has 0 N–H and O–H groups in total. The lowest BCUT2D eigenvalue weighted by molar-refractivity contribution is -0.150. The molecule has 1 fully saturated rings. The summed E-state index contributed by atoms with van der Waals surface area (Å²) in [7, 11) is -3.31. The van der Waals surface area contributed by atoms with Crippen molar-refractivity contribution in [3.8, 4) is 0 Å². The average molecular weight is 325 g/mol. The number of hydrogen-bond donors (Lipinski definition) is 0. The zero-order valence-electron chi connectivity index (χ0n) is 12.4. The van der Waals surface area contributed by atoms with Gasteiger partial charge in [0.1, 0.15) is 0 Å². The third-order valence-corrected chi connectivity index (χ3v) is 5.79. The van der Waals surface area contributed by atoms with Crippen LogP contribution in [0, 0.1) is 0 Å². The average Bonchev–Trinajstić information content (AvgIpc) is 2.64. The van der Waals surface area contributed by atoms with E-state index in [0.717, 1.165) is 5.56 Å². The first-order valence-corrected chi connectivity index (χ1v) is 8.79. The van der Waals surface area contributed by atoms with Crippen LogP contribution in [0.5, 0.6) is 0 Å². The second-order valence-corrected chi connectivity index (χ2v) is 7.52. The van der Waals surface area contributed by atoms with E-state index >= 15 is 0 Å². The maximum atomic E-state index is 12.4. The quantitative estimate of drug-likeness (QED) is 0.773. The van der Waals surface area contributed by atoms with E-state index in [-0.39, 0.29) is 24.8 Å². The van der Waals surface area contributed by atoms with Gasteiger partial charge in [0, 0.05) is 20.0 Å². The van der Waals surface area contributed by atoms with Gasteiger partial charge in [-0.3, -0.25) is 9.59 Å². The summed E-state index contributed by atoms with van der Waals surface area (Å²) in [5.74, 6) is -0.977. The molecule has 0 aromatic heterocycles. The summed E-state index contributed by atoms with van der Waals surface area (Å²) in [5.41, 5.74) is 0.747. The van der Waals surface area contributed by atoms with Crippen molar-refractivity contribution >= 4 is 21.7 Å². The van der Waals surface area contributed by atoms with E-state index in [4.69, 9.17) is 0 Å². The van der Waals surface area contributed by atoms with Gasteiger partial charge < -0.3 is 9.64 Å². The van der Waals surface area contributed by atoms with E-state index in [2.05, 4.69) is 4.74 Å². The van der Waals surface area contributed by atoms with Crippen LogP contribution in [0.2, 0.25) is 0 Å². The van der Waals surface area contributed by atoms with Crippen LogP contribution in [0.15, 0.2) is 30.3 Å². The topological polar surface area (TPSA) is 80.8 Å². The molecule has 2 rings (SSSR count). The van der Waals surface area contributed by atoms with Gasteiger partial charge in [-0.25, -0.2) is 8.42 Å². The van der Waals surface area contributed by atoms with Crippen molar-refractivity contribution in [2.24, 2.45) is 0 Å². The van der Waals surface area contributed by atoms with Crippen molar-refractivity contribution < 1.29 is 22.7 Å². The van der Waals surface area contributed by atoms with Gasteiger partial charge in [0.25, 0.3) is 5.91 Å². The summed E-state index contributed by atoms with van der Waals surface area (Å²) in [4.78, 5) is 24.2. The summed E-state index contributed by atoms with van der Waals surface area (Å²) in [6.07, 6.45) is 0.345. The normalized spacial score (nSPS) is 21.0. The van der Waals surface area contributed by atoms with Gasteiger partial charge in [-0.1, -0.05) is 30.3 Å². The second-order valence-electron chi connectivity index (χ2n) is 5.22. The monoisotopic (exact) mass is 325 g/mol. The highest BCUT2D eigenvalue weighted by molar-refractivity contribution is 7.91. The largest absolute Gasteiger partial charge is 0.456 e. The molecule has 1 aromatic rings. The third-order valence-electron chi connectivity index (χ3n) is 3.66. The summed E-state index contributed by atoms with van der Waals surface area (Å²) in [6.45, 7) is 1.35. The molecular formula is C15H19NO5S. The minimum absolute atomic E-state index is 0.0849. The Kier molecular flexibility index (Phi) is 5.18. The molecule has 0 radical (unpaired) electrons. The van der Waals surface area contributed by atoms with Gasteiger partial charge in [-0.2, -0.15) is 0 Å². The molecular weight excluding hydrogens is 306 g/mol. The van der Waals surface area contributed by atoms with Gasteiger partial charge >= 0.3 is 5.97 Å². The maximum Gasteiger partial charge on any atom is 0.303 e. The van der Waals surface area contributed by atoms with Crippen molar-refractivity contribution in [1.29, 1.82) is 0 Å². The van der Waals surface area contributed by atoms with Crippen LogP contribution in [0.25, 0.3) is 0 Å². The summed E-state index contributed by atoms with van der Waals surface area (Å²) >= 11 is 0. The number of esters is 1. The Morgan fingerprint density at radius 3 is 2.55 bits per heavy atom. The van der Waals surface area contributed by atoms with Crippen molar-refractivity contribution in [3.63, 3.8) is 0 Å². The number of sulfone groups is 1. The van der Waals surface area contributed by atoms with Crippen LogP contribution in [-0.2, 0) is 24.2 Å². The Morgan fingerprint density at radius 2 is 1.91 bits per heavy atom. The molecule has 0 bridgehead atoms. The lowest BCUT2D eigenvalue weighted by Crippen LogP contribution is -2.36. The first-order valence-electron chi connectivity index (χ1n) is 7.08. The second kappa shape index (κ2) is 6.91. The van der Waals surface area contributed by atoms with Crippen LogP contribution < -0.4 is 0 Å². The van der Waals surface area contributed by atoms with Crippen LogP contribution in [0.4, 0.5) is 0 Å². The van der Waals surface area contributed by atoms with Gasteiger partial charge in [-0.05, 0) is 12.0 Å². The summed E-state index contributed by atoms with van der Waals surface area (Å²) in [5, 5.41) is -0.597. The van der Waals surface area contributed by atoms with Gasteiger partial charge in [0.15, 0.2) is 16.4 Å². The predicted octanol–water partition coefficient (Wildman–Crippen LogP) is 0.938. The molecule has 120 valence electrons. The Hall–Kier alpha value is -1.89. The Morgan fingerprint density at radius 1 is 1.23 bits per heavy atom. The Labute approximate surface area is 130 Å². The first kappa shape index (κ1) is 16.5. The van der Waals surface area contributed by atoms with E-state index in [9.17, 15) is 18.0 Å². The molecule has 0 aliphatic carbocycles. The number of rotatable bonds is 3. The van der Waals surface area contributed by atoms with Gasteiger partial charge in [0.2, 0.25) is 0 Å². The van der Waals surface area contributed by atoms with Crippen LogP contribution >= 0.6 is 0 Å². The number of carbonyl (C=O) groups is 2. The number of hydrogen-bond acceptors (Lipinski definition) is 5. The Bertz CT molecular complexity index is 641. The zero-order chi connectivity index (χ0) is 16.2. The van der Waals surface area contributed by atoms with E-state index in [0.29, 0.717) is 13.0 Å². The minimum Gasteiger partial charge on any atom is -0.456 e. The predicted molar refractivity (Wildman–Crippen MR) is 80.8 cm³/mol. The van der Waals surface area contributed by atoms with E-state index in [1.807, 2.05) is 6.07 Å². The SMILES string of the molecule is CC(=O)OCC(=O)N1CCC(c2ccccc2)S(=O)(=O)CC1. The number of nitrogens with zero attached hydrogens (tertiary/aromatic N) is 1. The molecule has 1 heterocycles. The maximum absolute atomic E-state index is 12.4. The molecule has 22 heavy (non-hydrogen) atoms.